The molecule has 5 aromatic rings. The standard InChI is InChI=1S/C26H19N5O2/c32-23(17-8-3-1-4-9-17)21-15-27-24-22(21)25(29-16-28-24)30-19-12-7-13-20(14-19)31-26(33)18-10-5-2-6-11-18/h1-16H,(H,31,33)(H2,27,28,29,30). The largest absolute Gasteiger partial charge is 0.345 e. The second kappa shape index (κ2) is 8.76. The number of carbonyl (C=O) groups excluding carboxylic acids is 2. The van der Waals surface area contributed by atoms with Crippen LogP contribution in [0.2, 0.25) is 0 Å². The second-order valence-electron chi connectivity index (χ2n) is 7.37. The summed E-state index contributed by atoms with van der Waals surface area (Å²) in [6.45, 7) is 0. The van der Waals surface area contributed by atoms with Crippen molar-refractivity contribution in [1.82, 2.24) is 15.0 Å². The van der Waals surface area contributed by atoms with Gasteiger partial charge in [-0.05, 0) is 30.3 Å². The molecule has 0 aliphatic carbocycles. The molecule has 5 rings (SSSR count). The minimum atomic E-state index is -0.196. The summed E-state index contributed by atoms with van der Waals surface area (Å²) in [5.41, 5.74) is 3.53. The molecule has 0 unspecified atom stereocenters. The highest BCUT2D eigenvalue weighted by Crippen LogP contribution is 2.28. The smallest absolute Gasteiger partial charge is 0.255 e. The molecule has 0 bridgehead atoms. The molecular weight excluding hydrogens is 414 g/mol. The van der Waals surface area contributed by atoms with Crippen molar-refractivity contribution in [2.45, 2.75) is 0 Å². The van der Waals surface area contributed by atoms with Crippen molar-refractivity contribution in [1.29, 1.82) is 0 Å². The molecule has 2 aromatic heterocycles. The van der Waals surface area contributed by atoms with Crippen LogP contribution in [0, 0.1) is 0 Å². The average molecular weight is 433 g/mol. The SMILES string of the molecule is O=C(Nc1cccc(Nc2ncnc3[nH]cc(C(=O)c4ccccc4)c23)c1)c1ccccc1. The van der Waals surface area contributed by atoms with Gasteiger partial charge in [0.05, 0.1) is 10.9 Å². The zero-order chi connectivity index (χ0) is 22.6. The molecule has 7 nitrogen and oxygen atoms in total. The monoisotopic (exact) mass is 433 g/mol. The number of benzene rings is 3. The summed E-state index contributed by atoms with van der Waals surface area (Å²) in [6, 6.07) is 25.4. The van der Waals surface area contributed by atoms with Gasteiger partial charge in [-0.2, -0.15) is 0 Å². The molecule has 3 N–H and O–H groups in total. The van der Waals surface area contributed by atoms with Crippen molar-refractivity contribution in [2.24, 2.45) is 0 Å². The summed E-state index contributed by atoms with van der Waals surface area (Å²) in [5.74, 6) is 0.175. The topological polar surface area (TPSA) is 99.8 Å². The predicted octanol–water partition coefficient (Wildman–Crippen LogP) is 5.18. The summed E-state index contributed by atoms with van der Waals surface area (Å²) in [4.78, 5) is 37.2. The summed E-state index contributed by atoms with van der Waals surface area (Å²) in [6.07, 6.45) is 3.08. The van der Waals surface area contributed by atoms with Crippen LogP contribution < -0.4 is 10.6 Å². The van der Waals surface area contributed by atoms with Crippen molar-refractivity contribution in [3.8, 4) is 0 Å². The maximum atomic E-state index is 13.1. The first-order valence-corrected chi connectivity index (χ1v) is 10.3. The highest BCUT2D eigenvalue weighted by Gasteiger charge is 2.18. The molecule has 0 fully saturated rings. The van der Waals surface area contributed by atoms with E-state index in [1.807, 2.05) is 54.6 Å². The van der Waals surface area contributed by atoms with Gasteiger partial charge in [-0.15, -0.1) is 0 Å². The van der Waals surface area contributed by atoms with E-state index in [2.05, 4.69) is 25.6 Å². The lowest BCUT2D eigenvalue weighted by Crippen LogP contribution is -2.11. The number of amides is 1. The van der Waals surface area contributed by atoms with Crippen LogP contribution >= 0.6 is 0 Å². The predicted molar refractivity (Wildman–Crippen MR) is 128 cm³/mol. The fourth-order valence-electron chi connectivity index (χ4n) is 3.59. The average Bonchev–Trinajstić information content (AvgIpc) is 3.30. The number of H-pyrrole nitrogens is 1. The number of aromatic amines is 1. The number of fused-ring (bicyclic) bond motifs is 1. The molecule has 0 spiro atoms. The zero-order valence-corrected chi connectivity index (χ0v) is 17.4. The summed E-state index contributed by atoms with van der Waals surface area (Å²) < 4.78 is 0. The molecule has 1 amide bonds. The lowest BCUT2D eigenvalue weighted by molar-refractivity contribution is 0.102. The first-order chi connectivity index (χ1) is 16.2. The van der Waals surface area contributed by atoms with Crippen LogP contribution in [0.3, 0.4) is 0 Å². The van der Waals surface area contributed by atoms with Crippen molar-refractivity contribution in [3.63, 3.8) is 0 Å². The number of hydrogen-bond acceptors (Lipinski definition) is 5. The Labute approximate surface area is 189 Å². The van der Waals surface area contributed by atoms with Gasteiger partial charge in [0, 0.05) is 28.7 Å². The number of nitrogens with one attached hydrogen (secondary N) is 3. The Morgan fingerprint density at radius 3 is 2.21 bits per heavy atom. The highest BCUT2D eigenvalue weighted by molar-refractivity contribution is 6.18. The molecule has 0 atom stereocenters. The van der Waals surface area contributed by atoms with Gasteiger partial charge in [-0.1, -0.05) is 54.6 Å². The van der Waals surface area contributed by atoms with E-state index in [1.165, 1.54) is 6.33 Å². The summed E-state index contributed by atoms with van der Waals surface area (Å²) in [7, 11) is 0. The van der Waals surface area contributed by atoms with E-state index < -0.39 is 0 Å². The lowest BCUT2D eigenvalue weighted by Gasteiger charge is -2.10. The van der Waals surface area contributed by atoms with Crippen LogP contribution in [-0.4, -0.2) is 26.6 Å². The lowest BCUT2D eigenvalue weighted by atomic mass is 10.0. The van der Waals surface area contributed by atoms with Gasteiger partial charge < -0.3 is 15.6 Å². The number of aromatic nitrogens is 3. The second-order valence-corrected chi connectivity index (χ2v) is 7.37. The maximum absolute atomic E-state index is 13.1. The van der Waals surface area contributed by atoms with E-state index in [0.717, 1.165) is 0 Å². The van der Waals surface area contributed by atoms with Gasteiger partial charge in [-0.3, -0.25) is 9.59 Å². The van der Waals surface area contributed by atoms with E-state index in [1.54, 1.807) is 36.5 Å². The maximum Gasteiger partial charge on any atom is 0.255 e. The Hall–Kier alpha value is -4.78. The minimum Gasteiger partial charge on any atom is -0.345 e. The third-order valence-electron chi connectivity index (χ3n) is 5.17. The zero-order valence-electron chi connectivity index (χ0n) is 17.4. The molecule has 3 aromatic carbocycles. The van der Waals surface area contributed by atoms with Gasteiger partial charge in [0.15, 0.2) is 5.78 Å². The first-order valence-electron chi connectivity index (χ1n) is 10.3. The van der Waals surface area contributed by atoms with Crippen molar-refractivity contribution in [2.75, 3.05) is 10.6 Å². The molecular formula is C26H19N5O2. The van der Waals surface area contributed by atoms with Crippen LogP contribution in [0.1, 0.15) is 26.3 Å². The molecule has 0 aliphatic heterocycles. The van der Waals surface area contributed by atoms with Gasteiger partial charge in [0.2, 0.25) is 0 Å². The number of carbonyl (C=O) groups is 2. The molecule has 7 heteroatoms. The van der Waals surface area contributed by atoms with Crippen LogP contribution in [0.5, 0.6) is 0 Å². The Kier molecular flexibility index (Phi) is 5.35. The van der Waals surface area contributed by atoms with Crippen LogP contribution in [0.25, 0.3) is 11.0 Å². The Bertz CT molecular complexity index is 1450. The molecule has 2 heterocycles. The molecule has 0 aliphatic rings. The van der Waals surface area contributed by atoms with Gasteiger partial charge in [0.25, 0.3) is 5.91 Å². The molecule has 0 saturated carbocycles. The van der Waals surface area contributed by atoms with Crippen LogP contribution in [-0.2, 0) is 0 Å². The molecule has 33 heavy (non-hydrogen) atoms. The Morgan fingerprint density at radius 1 is 0.758 bits per heavy atom. The minimum absolute atomic E-state index is 0.122. The molecule has 0 radical (unpaired) electrons. The Balaban J connectivity index is 1.44. The fraction of sp³-hybridized carbons (Fsp3) is 0. The molecule has 160 valence electrons. The van der Waals surface area contributed by atoms with Gasteiger partial charge >= 0.3 is 0 Å². The van der Waals surface area contributed by atoms with E-state index in [0.29, 0.717) is 44.9 Å². The van der Waals surface area contributed by atoms with E-state index in [4.69, 9.17) is 0 Å². The van der Waals surface area contributed by atoms with Crippen LogP contribution in [0.15, 0.2) is 97.5 Å². The third-order valence-corrected chi connectivity index (χ3v) is 5.17. The summed E-state index contributed by atoms with van der Waals surface area (Å²) >= 11 is 0. The van der Waals surface area contributed by atoms with Gasteiger partial charge in [0.1, 0.15) is 17.8 Å². The first kappa shape index (κ1) is 20.1. The van der Waals surface area contributed by atoms with Gasteiger partial charge in [-0.25, -0.2) is 9.97 Å². The van der Waals surface area contributed by atoms with Crippen molar-refractivity contribution >= 4 is 39.9 Å². The van der Waals surface area contributed by atoms with Crippen molar-refractivity contribution < 1.29 is 9.59 Å². The fourth-order valence-corrected chi connectivity index (χ4v) is 3.59. The number of anilines is 3. The summed E-state index contributed by atoms with van der Waals surface area (Å²) in [5, 5.41) is 6.76. The van der Waals surface area contributed by atoms with E-state index >= 15 is 0 Å². The number of nitrogens with zero attached hydrogens (tertiary/aromatic N) is 2. The number of ketones is 1. The molecule has 0 saturated heterocycles. The quantitative estimate of drug-likeness (QED) is 0.320. The normalized spacial score (nSPS) is 10.7. The van der Waals surface area contributed by atoms with E-state index in [9.17, 15) is 9.59 Å². The van der Waals surface area contributed by atoms with E-state index in [-0.39, 0.29) is 11.7 Å². The van der Waals surface area contributed by atoms with Crippen LogP contribution in [0.4, 0.5) is 17.2 Å². The highest BCUT2D eigenvalue weighted by atomic mass is 16.1. The number of rotatable bonds is 6. The third kappa shape index (κ3) is 4.20. The van der Waals surface area contributed by atoms with Crippen molar-refractivity contribution in [3.05, 3.63) is 114 Å². The Morgan fingerprint density at radius 2 is 1.45 bits per heavy atom. The number of hydrogen-bond donors (Lipinski definition) is 3.